The summed E-state index contributed by atoms with van der Waals surface area (Å²) >= 11 is 1.40. The summed E-state index contributed by atoms with van der Waals surface area (Å²) in [6.45, 7) is 3.87. The van der Waals surface area contributed by atoms with Crippen LogP contribution in [0, 0.1) is 13.8 Å². The summed E-state index contributed by atoms with van der Waals surface area (Å²) in [6, 6.07) is 15.7. The zero-order valence-corrected chi connectivity index (χ0v) is 18.7. The van der Waals surface area contributed by atoms with Crippen molar-refractivity contribution < 1.29 is 9.59 Å². The van der Waals surface area contributed by atoms with Crippen LogP contribution in [0.1, 0.15) is 34.6 Å². The number of benzene rings is 2. The van der Waals surface area contributed by atoms with Crippen LogP contribution in [0.15, 0.2) is 58.5 Å². The van der Waals surface area contributed by atoms with Crippen LogP contribution in [0.3, 0.4) is 0 Å². The van der Waals surface area contributed by atoms with Crippen molar-refractivity contribution in [3.05, 3.63) is 81.1 Å². The van der Waals surface area contributed by atoms with Gasteiger partial charge in [-0.3, -0.25) is 14.4 Å². The summed E-state index contributed by atoms with van der Waals surface area (Å²) in [5.41, 5.74) is 3.64. The number of aromatic amines is 1. The first-order valence-electron chi connectivity index (χ1n) is 10.4. The molecule has 2 heterocycles. The van der Waals surface area contributed by atoms with Gasteiger partial charge in [0, 0.05) is 17.9 Å². The molecule has 7 nitrogen and oxygen atoms in total. The van der Waals surface area contributed by atoms with Crippen LogP contribution in [0.5, 0.6) is 0 Å². The van der Waals surface area contributed by atoms with Gasteiger partial charge in [0.15, 0.2) is 5.16 Å². The van der Waals surface area contributed by atoms with Crippen molar-refractivity contribution in [2.24, 2.45) is 0 Å². The van der Waals surface area contributed by atoms with Crippen LogP contribution in [0.25, 0.3) is 0 Å². The zero-order chi connectivity index (χ0) is 22.7. The summed E-state index contributed by atoms with van der Waals surface area (Å²) in [5, 5.41) is 5.93. The topological polar surface area (TPSA) is 104 Å². The zero-order valence-electron chi connectivity index (χ0n) is 17.9. The first-order chi connectivity index (χ1) is 15.4. The summed E-state index contributed by atoms with van der Waals surface area (Å²) in [7, 11) is 0. The maximum Gasteiger partial charge on any atom is 0.257 e. The summed E-state index contributed by atoms with van der Waals surface area (Å²) < 4.78 is 0. The highest BCUT2D eigenvalue weighted by Crippen LogP contribution is 2.31. The van der Waals surface area contributed by atoms with E-state index < -0.39 is 17.4 Å². The molecule has 1 aromatic heterocycles. The van der Waals surface area contributed by atoms with Crippen molar-refractivity contribution in [2.75, 3.05) is 16.4 Å². The molecule has 4 rings (SSSR count). The van der Waals surface area contributed by atoms with Gasteiger partial charge in [-0.2, -0.15) is 0 Å². The van der Waals surface area contributed by atoms with E-state index in [4.69, 9.17) is 0 Å². The van der Waals surface area contributed by atoms with Crippen LogP contribution in [-0.2, 0) is 16.0 Å². The molecule has 0 aliphatic carbocycles. The van der Waals surface area contributed by atoms with E-state index >= 15 is 0 Å². The van der Waals surface area contributed by atoms with E-state index in [2.05, 4.69) is 20.6 Å². The van der Waals surface area contributed by atoms with Crippen molar-refractivity contribution >= 4 is 35.1 Å². The molecule has 0 bridgehead atoms. The van der Waals surface area contributed by atoms with Gasteiger partial charge < -0.3 is 15.6 Å². The molecule has 3 N–H and O–H groups in total. The summed E-state index contributed by atoms with van der Waals surface area (Å²) in [5.74, 6) is -0.760. The summed E-state index contributed by atoms with van der Waals surface area (Å²) in [4.78, 5) is 45.3. The minimum absolute atomic E-state index is 0.102. The number of nitrogens with zero attached hydrogens (tertiary/aromatic N) is 1. The van der Waals surface area contributed by atoms with Gasteiger partial charge in [-0.15, -0.1) is 0 Å². The van der Waals surface area contributed by atoms with Gasteiger partial charge in [-0.1, -0.05) is 59.8 Å². The summed E-state index contributed by atoms with van der Waals surface area (Å²) in [6.07, 6.45) is 0.717. The Morgan fingerprint density at radius 2 is 1.94 bits per heavy atom. The number of carbonyl (C=O) groups excluding carboxylic acids is 2. The van der Waals surface area contributed by atoms with Crippen LogP contribution >= 0.6 is 11.8 Å². The number of amides is 2. The van der Waals surface area contributed by atoms with E-state index in [-0.39, 0.29) is 23.7 Å². The lowest BCUT2D eigenvalue weighted by molar-refractivity contribution is -0.123. The van der Waals surface area contributed by atoms with Gasteiger partial charge in [0.25, 0.3) is 5.56 Å². The van der Waals surface area contributed by atoms with Crippen molar-refractivity contribution in [1.82, 2.24) is 9.97 Å². The van der Waals surface area contributed by atoms with Crippen LogP contribution in [0.2, 0.25) is 0 Å². The number of aromatic nitrogens is 2. The Kier molecular flexibility index (Phi) is 6.41. The molecule has 0 spiro atoms. The molecule has 32 heavy (non-hydrogen) atoms. The van der Waals surface area contributed by atoms with Crippen LogP contribution in [-0.4, -0.2) is 27.5 Å². The molecule has 3 aromatic rings. The van der Waals surface area contributed by atoms with E-state index in [1.165, 1.54) is 17.3 Å². The van der Waals surface area contributed by atoms with E-state index in [1.807, 2.05) is 62.4 Å². The third-order valence-electron chi connectivity index (χ3n) is 5.36. The third kappa shape index (κ3) is 4.91. The highest BCUT2D eigenvalue weighted by atomic mass is 32.2. The minimum atomic E-state index is -0.904. The Bertz CT molecular complexity index is 1220. The monoisotopic (exact) mass is 448 g/mol. The molecule has 1 aliphatic heterocycles. The Morgan fingerprint density at radius 1 is 1.16 bits per heavy atom. The molecule has 0 radical (unpaired) electrons. The first kappa shape index (κ1) is 21.8. The average Bonchev–Trinajstić information content (AvgIpc) is 2.75. The molecule has 2 amide bonds. The molecule has 1 atom stereocenters. The second kappa shape index (κ2) is 9.40. The second-order valence-electron chi connectivity index (χ2n) is 7.83. The lowest BCUT2D eigenvalue weighted by atomic mass is 9.92. The molecule has 0 saturated carbocycles. The number of aryl methyl sites for hydroxylation is 3. The molecule has 0 fully saturated rings. The van der Waals surface area contributed by atoms with Crippen molar-refractivity contribution in [3.63, 3.8) is 0 Å². The molecule has 2 aromatic carbocycles. The smallest absolute Gasteiger partial charge is 0.257 e. The molecule has 164 valence electrons. The molecular weight excluding hydrogens is 424 g/mol. The highest BCUT2D eigenvalue weighted by Gasteiger charge is 2.34. The maximum atomic E-state index is 13.0. The number of hydrogen-bond donors (Lipinski definition) is 3. The highest BCUT2D eigenvalue weighted by molar-refractivity contribution is 7.99. The SMILES string of the molecule is Cc1ccc(NC(=O)C2CC(=O)Nc3nc(SCCc4ccccc4)[nH]c(=O)c32)c(C)c1. The van der Waals surface area contributed by atoms with E-state index in [0.717, 1.165) is 23.3 Å². The number of hydrogen-bond acceptors (Lipinski definition) is 5. The van der Waals surface area contributed by atoms with Gasteiger partial charge in [0.2, 0.25) is 11.8 Å². The fraction of sp³-hybridized carbons (Fsp3) is 0.250. The van der Waals surface area contributed by atoms with Gasteiger partial charge >= 0.3 is 0 Å². The van der Waals surface area contributed by atoms with Gasteiger partial charge in [0.05, 0.1) is 11.5 Å². The van der Waals surface area contributed by atoms with Crippen LogP contribution < -0.4 is 16.2 Å². The molecule has 8 heteroatoms. The fourth-order valence-corrected chi connectivity index (χ4v) is 4.58. The van der Waals surface area contributed by atoms with Gasteiger partial charge in [-0.25, -0.2) is 4.98 Å². The normalized spacial score (nSPS) is 15.1. The quantitative estimate of drug-likeness (QED) is 0.393. The maximum absolute atomic E-state index is 13.0. The second-order valence-corrected chi connectivity index (χ2v) is 8.91. The number of anilines is 2. The molecule has 1 unspecified atom stereocenters. The van der Waals surface area contributed by atoms with Crippen molar-refractivity contribution in [3.8, 4) is 0 Å². The molecule has 0 saturated heterocycles. The number of nitrogens with one attached hydrogen (secondary N) is 3. The third-order valence-corrected chi connectivity index (χ3v) is 6.23. The minimum Gasteiger partial charge on any atom is -0.325 e. The predicted molar refractivity (Wildman–Crippen MR) is 126 cm³/mol. The Hall–Kier alpha value is -3.39. The Morgan fingerprint density at radius 3 is 2.69 bits per heavy atom. The number of fused-ring (bicyclic) bond motifs is 1. The lowest BCUT2D eigenvalue weighted by Crippen LogP contribution is -2.36. The molecule has 1 aliphatic rings. The first-order valence-corrected chi connectivity index (χ1v) is 11.4. The fourth-order valence-electron chi connectivity index (χ4n) is 3.73. The molecular formula is C24H24N4O3S. The average molecular weight is 449 g/mol. The van der Waals surface area contributed by atoms with E-state index in [9.17, 15) is 14.4 Å². The lowest BCUT2D eigenvalue weighted by Gasteiger charge is -2.24. The van der Waals surface area contributed by atoms with Crippen molar-refractivity contribution in [2.45, 2.75) is 37.8 Å². The van der Waals surface area contributed by atoms with Gasteiger partial charge in [-0.05, 0) is 37.5 Å². The number of thioether (sulfide) groups is 1. The standard InChI is InChI=1S/C24H24N4O3S/c1-14-8-9-18(15(2)12-14)25-22(30)17-13-19(29)26-21-20(17)23(31)28-24(27-21)32-11-10-16-6-4-3-5-7-16/h3-9,12,17H,10-11,13H2,1-2H3,(H,25,30)(H2,26,27,28,29,31). The van der Waals surface area contributed by atoms with E-state index in [1.54, 1.807) is 0 Å². The number of carbonyl (C=O) groups is 2. The van der Waals surface area contributed by atoms with Gasteiger partial charge in [0.1, 0.15) is 5.82 Å². The number of H-pyrrole nitrogens is 1. The predicted octanol–water partition coefficient (Wildman–Crippen LogP) is 3.79. The largest absolute Gasteiger partial charge is 0.325 e. The van der Waals surface area contributed by atoms with Crippen molar-refractivity contribution in [1.29, 1.82) is 0 Å². The van der Waals surface area contributed by atoms with E-state index in [0.29, 0.717) is 10.8 Å². The Balaban J connectivity index is 1.53. The Labute approximate surface area is 190 Å². The number of rotatable bonds is 6. The van der Waals surface area contributed by atoms with Crippen LogP contribution in [0.4, 0.5) is 11.5 Å².